The van der Waals surface area contributed by atoms with E-state index in [4.69, 9.17) is 16.3 Å². The number of hydrogen-bond acceptors (Lipinski definition) is 2. The topological polar surface area (TPSA) is 26.3 Å². The number of rotatable bonds is 4. The number of ketones is 1. The molecule has 0 saturated heterocycles. The SMILES string of the molecule is CC(=O)c1ccc(COc2ccccc2Cl)cc1. The van der Waals surface area contributed by atoms with E-state index in [0.717, 1.165) is 5.56 Å². The van der Waals surface area contributed by atoms with Crippen LogP contribution in [0, 0.1) is 0 Å². The Morgan fingerprint density at radius 1 is 1.11 bits per heavy atom. The Labute approximate surface area is 111 Å². The molecule has 0 spiro atoms. The van der Waals surface area contributed by atoms with Crippen LogP contribution in [-0.2, 0) is 6.61 Å². The Kier molecular flexibility index (Phi) is 4.00. The normalized spacial score (nSPS) is 10.1. The number of hydrogen-bond donors (Lipinski definition) is 0. The molecule has 0 fully saturated rings. The molecule has 0 amide bonds. The maximum Gasteiger partial charge on any atom is 0.159 e. The molecule has 0 aliphatic rings. The number of para-hydroxylation sites is 1. The van der Waals surface area contributed by atoms with Gasteiger partial charge in [0, 0.05) is 5.56 Å². The number of Topliss-reactive ketones (excluding diaryl/α,β-unsaturated/α-hetero) is 1. The van der Waals surface area contributed by atoms with Crippen LogP contribution in [0.3, 0.4) is 0 Å². The maximum atomic E-state index is 11.1. The van der Waals surface area contributed by atoms with Crippen LogP contribution < -0.4 is 4.74 Å². The lowest BCUT2D eigenvalue weighted by Gasteiger charge is -2.08. The summed E-state index contributed by atoms with van der Waals surface area (Å²) < 4.78 is 5.61. The molecule has 92 valence electrons. The van der Waals surface area contributed by atoms with E-state index < -0.39 is 0 Å². The van der Waals surface area contributed by atoms with Crippen molar-refractivity contribution in [2.24, 2.45) is 0 Å². The molecular formula is C15H13ClO2. The molecule has 0 heterocycles. The summed E-state index contributed by atoms with van der Waals surface area (Å²) >= 11 is 5.99. The summed E-state index contributed by atoms with van der Waals surface area (Å²) in [6.45, 7) is 1.98. The molecular weight excluding hydrogens is 248 g/mol. The number of carbonyl (C=O) groups excluding carboxylic acids is 1. The predicted octanol–water partition coefficient (Wildman–Crippen LogP) is 4.12. The van der Waals surface area contributed by atoms with Gasteiger partial charge >= 0.3 is 0 Å². The van der Waals surface area contributed by atoms with Crippen molar-refractivity contribution in [1.29, 1.82) is 0 Å². The summed E-state index contributed by atoms with van der Waals surface area (Å²) in [5, 5.41) is 0.595. The van der Waals surface area contributed by atoms with E-state index in [9.17, 15) is 4.79 Å². The fourth-order valence-electron chi connectivity index (χ4n) is 1.56. The summed E-state index contributed by atoms with van der Waals surface area (Å²) in [5.74, 6) is 0.725. The Bertz CT molecular complexity index is 547. The first-order valence-electron chi connectivity index (χ1n) is 5.64. The summed E-state index contributed by atoms with van der Waals surface area (Å²) in [6, 6.07) is 14.7. The monoisotopic (exact) mass is 260 g/mol. The Morgan fingerprint density at radius 3 is 2.39 bits per heavy atom. The molecule has 0 atom stereocenters. The largest absolute Gasteiger partial charge is 0.487 e. The lowest BCUT2D eigenvalue weighted by atomic mass is 10.1. The van der Waals surface area contributed by atoms with Crippen molar-refractivity contribution in [2.75, 3.05) is 0 Å². The zero-order valence-electron chi connectivity index (χ0n) is 10.0. The number of halogens is 1. The molecule has 18 heavy (non-hydrogen) atoms. The van der Waals surface area contributed by atoms with Crippen molar-refractivity contribution in [2.45, 2.75) is 13.5 Å². The fraction of sp³-hybridized carbons (Fsp3) is 0.133. The van der Waals surface area contributed by atoms with Gasteiger partial charge in [-0.1, -0.05) is 48.0 Å². The molecule has 3 heteroatoms. The zero-order chi connectivity index (χ0) is 13.0. The molecule has 0 unspecified atom stereocenters. The van der Waals surface area contributed by atoms with Gasteiger partial charge in [0.05, 0.1) is 5.02 Å². The van der Waals surface area contributed by atoms with Gasteiger partial charge in [-0.15, -0.1) is 0 Å². The van der Waals surface area contributed by atoms with E-state index in [1.165, 1.54) is 0 Å². The highest BCUT2D eigenvalue weighted by molar-refractivity contribution is 6.32. The molecule has 2 nitrogen and oxygen atoms in total. The highest BCUT2D eigenvalue weighted by Gasteiger charge is 2.02. The van der Waals surface area contributed by atoms with Gasteiger partial charge in [-0.25, -0.2) is 0 Å². The minimum Gasteiger partial charge on any atom is -0.487 e. The van der Waals surface area contributed by atoms with Gasteiger partial charge in [0.2, 0.25) is 0 Å². The van der Waals surface area contributed by atoms with Gasteiger partial charge in [-0.2, -0.15) is 0 Å². The molecule has 0 aliphatic carbocycles. The predicted molar refractivity (Wildman–Crippen MR) is 72.2 cm³/mol. The van der Waals surface area contributed by atoms with E-state index in [1.54, 1.807) is 25.1 Å². The second-order valence-corrected chi connectivity index (χ2v) is 4.38. The Balaban J connectivity index is 2.02. The third-order valence-corrected chi connectivity index (χ3v) is 2.90. The standard InChI is InChI=1S/C15H13ClO2/c1-11(17)13-8-6-12(7-9-13)10-18-15-5-3-2-4-14(15)16/h2-9H,10H2,1H3. The molecule has 0 aliphatic heterocycles. The van der Waals surface area contributed by atoms with Crippen molar-refractivity contribution in [3.8, 4) is 5.75 Å². The number of carbonyl (C=O) groups is 1. The second kappa shape index (κ2) is 5.69. The van der Waals surface area contributed by atoms with Crippen molar-refractivity contribution in [3.05, 3.63) is 64.7 Å². The molecule has 0 saturated carbocycles. The van der Waals surface area contributed by atoms with Crippen molar-refractivity contribution in [1.82, 2.24) is 0 Å². The fourth-order valence-corrected chi connectivity index (χ4v) is 1.75. The molecule has 2 aromatic carbocycles. The van der Waals surface area contributed by atoms with E-state index in [1.807, 2.05) is 30.3 Å². The van der Waals surface area contributed by atoms with Crippen LogP contribution >= 0.6 is 11.6 Å². The summed E-state index contributed by atoms with van der Waals surface area (Å²) in [4.78, 5) is 11.1. The smallest absolute Gasteiger partial charge is 0.159 e. The molecule has 0 aromatic heterocycles. The highest BCUT2D eigenvalue weighted by atomic mass is 35.5. The number of ether oxygens (including phenoxy) is 1. The first-order valence-corrected chi connectivity index (χ1v) is 6.02. The first-order chi connectivity index (χ1) is 8.66. The lowest BCUT2D eigenvalue weighted by molar-refractivity contribution is 0.101. The second-order valence-electron chi connectivity index (χ2n) is 3.97. The average molecular weight is 261 g/mol. The van der Waals surface area contributed by atoms with Crippen LogP contribution in [0.25, 0.3) is 0 Å². The van der Waals surface area contributed by atoms with Crippen LogP contribution in [0.2, 0.25) is 5.02 Å². The summed E-state index contributed by atoms with van der Waals surface area (Å²) in [7, 11) is 0. The van der Waals surface area contributed by atoms with Crippen LogP contribution in [0.1, 0.15) is 22.8 Å². The van der Waals surface area contributed by atoms with Crippen LogP contribution in [0.5, 0.6) is 5.75 Å². The Hall–Kier alpha value is -1.80. The highest BCUT2D eigenvalue weighted by Crippen LogP contribution is 2.24. The van der Waals surface area contributed by atoms with Gasteiger partial charge in [-0.05, 0) is 24.6 Å². The molecule has 0 N–H and O–H groups in total. The quantitative estimate of drug-likeness (QED) is 0.773. The average Bonchev–Trinajstić information content (AvgIpc) is 2.38. The summed E-state index contributed by atoms with van der Waals surface area (Å²) in [5.41, 5.74) is 1.71. The van der Waals surface area contributed by atoms with Gasteiger partial charge in [0.15, 0.2) is 5.78 Å². The van der Waals surface area contributed by atoms with Gasteiger partial charge in [-0.3, -0.25) is 4.79 Å². The minimum atomic E-state index is 0.0635. The lowest BCUT2D eigenvalue weighted by Crippen LogP contribution is -1.97. The molecule has 0 radical (unpaired) electrons. The third-order valence-electron chi connectivity index (χ3n) is 2.59. The number of benzene rings is 2. The van der Waals surface area contributed by atoms with Crippen molar-refractivity contribution in [3.63, 3.8) is 0 Å². The Morgan fingerprint density at radius 2 is 1.78 bits per heavy atom. The maximum absolute atomic E-state index is 11.1. The van der Waals surface area contributed by atoms with Gasteiger partial charge in [0.1, 0.15) is 12.4 Å². The molecule has 2 aromatic rings. The molecule has 0 bridgehead atoms. The van der Waals surface area contributed by atoms with Crippen LogP contribution in [-0.4, -0.2) is 5.78 Å². The van der Waals surface area contributed by atoms with E-state index >= 15 is 0 Å². The zero-order valence-corrected chi connectivity index (χ0v) is 10.8. The van der Waals surface area contributed by atoms with Gasteiger partial charge in [0.25, 0.3) is 0 Å². The van der Waals surface area contributed by atoms with E-state index in [-0.39, 0.29) is 5.78 Å². The first kappa shape index (κ1) is 12.7. The van der Waals surface area contributed by atoms with Crippen molar-refractivity contribution < 1.29 is 9.53 Å². The van der Waals surface area contributed by atoms with E-state index in [2.05, 4.69) is 0 Å². The summed E-state index contributed by atoms with van der Waals surface area (Å²) in [6.07, 6.45) is 0. The van der Waals surface area contributed by atoms with E-state index in [0.29, 0.717) is 22.9 Å². The van der Waals surface area contributed by atoms with Crippen LogP contribution in [0.4, 0.5) is 0 Å². The van der Waals surface area contributed by atoms with Crippen molar-refractivity contribution >= 4 is 17.4 Å². The molecule has 2 rings (SSSR count). The third kappa shape index (κ3) is 3.11. The van der Waals surface area contributed by atoms with Gasteiger partial charge < -0.3 is 4.74 Å². The minimum absolute atomic E-state index is 0.0635. The van der Waals surface area contributed by atoms with Crippen LogP contribution in [0.15, 0.2) is 48.5 Å².